The van der Waals surface area contributed by atoms with Crippen molar-refractivity contribution in [3.8, 4) is 0 Å². The van der Waals surface area contributed by atoms with Gasteiger partial charge in [0.05, 0.1) is 32.3 Å². The SMILES string of the molecule is CCCCCC.O=C(O)CC1COCCO1. The average Bonchev–Trinajstić information content (AvgIpc) is 2.28. The Kier molecular flexibility index (Phi) is 10.5. The van der Waals surface area contributed by atoms with Crippen molar-refractivity contribution in [1.82, 2.24) is 0 Å². The highest BCUT2D eigenvalue weighted by atomic mass is 16.6. The smallest absolute Gasteiger partial charge is 0.306 e. The van der Waals surface area contributed by atoms with E-state index in [4.69, 9.17) is 14.6 Å². The summed E-state index contributed by atoms with van der Waals surface area (Å²) in [5.74, 6) is -0.837. The van der Waals surface area contributed by atoms with E-state index in [2.05, 4.69) is 13.8 Å². The lowest BCUT2D eigenvalue weighted by atomic mass is 10.2. The van der Waals surface area contributed by atoms with Gasteiger partial charge in [0, 0.05) is 0 Å². The van der Waals surface area contributed by atoms with Gasteiger partial charge in [0.2, 0.25) is 0 Å². The fourth-order valence-corrected chi connectivity index (χ4v) is 1.35. The summed E-state index contributed by atoms with van der Waals surface area (Å²) in [5.41, 5.74) is 0. The summed E-state index contributed by atoms with van der Waals surface area (Å²) >= 11 is 0. The molecule has 0 saturated carbocycles. The topological polar surface area (TPSA) is 55.8 Å². The third-order valence-corrected chi connectivity index (χ3v) is 2.24. The average molecular weight is 232 g/mol. The molecule has 0 aromatic carbocycles. The molecule has 0 bridgehead atoms. The van der Waals surface area contributed by atoms with E-state index >= 15 is 0 Å². The lowest BCUT2D eigenvalue weighted by Gasteiger charge is -2.20. The normalized spacial score (nSPS) is 19.8. The van der Waals surface area contributed by atoms with Crippen LogP contribution in [0.1, 0.15) is 46.0 Å². The van der Waals surface area contributed by atoms with E-state index in [-0.39, 0.29) is 12.5 Å². The van der Waals surface area contributed by atoms with Gasteiger partial charge in [-0.15, -0.1) is 0 Å². The molecule has 96 valence electrons. The second-order valence-electron chi connectivity index (χ2n) is 3.87. The standard InChI is InChI=1S/C6H10O4.C6H14/c7-6(8)3-5-4-9-1-2-10-5;1-3-5-6-4-2/h5H,1-4H2,(H,7,8);3-6H2,1-2H3. The minimum absolute atomic E-state index is 0.0417. The van der Waals surface area contributed by atoms with E-state index in [0.717, 1.165) is 0 Å². The lowest BCUT2D eigenvalue weighted by Crippen LogP contribution is -2.30. The molecule has 4 nitrogen and oxygen atoms in total. The Labute approximate surface area is 97.9 Å². The van der Waals surface area contributed by atoms with E-state index in [0.29, 0.717) is 19.8 Å². The van der Waals surface area contributed by atoms with Gasteiger partial charge in [-0.25, -0.2) is 0 Å². The molecule has 0 amide bonds. The van der Waals surface area contributed by atoms with Crippen molar-refractivity contribution in [1.29, 1.82) is 0 Å². The quantitative estimate of drug-likeness (QED) is 0.740. The fraction of sp³-hybridized carbons (Fsp3) is 0.917. The van der Waals surface area contributed by atoms with Crippen LogP contribution in [0.4, 0.5) is 0 Å². The zero-order valence-corrected chi connectivity index (χ0v) is 10.4. The van der Waals surface area contributed by atoms with Gasteiger partial charge in [-0.2, -0.15) is 0 Å². The van der Waals surface area contributed by atoms with Gasteiger partial charge in [0.15, 0.2) is 0 Å². The number of carbonyl (C=O) groups is 1. The summed E-state index contributed by atoms with van der Waals surface area (Å²) in [5, 5.41) is 8.33. The maximum Gasteiger partial charge on any atom is 0.306 e. The maximum absolute atomic E-state index is 10.1. The number of carboxylic acids is 1. The number of ether oxygens (including phenoxy) is 2. The predicted molar refractivity (Wildman–Crippen MR) is 62.6 cm³/mol. The third kappa shape index (κ3) is 9.93. The molecule has 1 atom stereocenters. The van der Waals surface area contributed by atoms with Crippen LogP contribution >= 0.6 is 0 Å². The summed E-state index contributed by atoms with van der Waals surface area (Å²) in [4.78, 5) is 10.1. The Morgan fingerprint density at radius 2 is 1.88 bits per heavy atom. The zero-order chi connectivity index (χ0) is 12.2. The van der Waals surface area contributed by atoms with Crippen molar-refractivity contribution < 1.29 is 19.4 Å². The number of hydrogen-bond acceptors (Lipinski definition) is 3. The summed E-state index contributed by atoms with van der Waals surface area (Å²) in [6.07, 6.45) is 5.33. The molecule has 1 aliphatic heterocycles. The van der Waals surface area contributed by atoms with Crippen molar-refractivity contribution in [2.75, 3.05) is 19.8 Å². The van der Waals surface area contributed by atoms with Crippen LogP contribution in [0, 0.1) is 0 Å². The van der Waals surface area contributed by atoms with E-state index in [1.165, 1.54) is 25.7 Å². The molecule has 1 fully saturated rings. The Morgan fingerprint density at radius 1 is 1.25 bits per heavy atom. The van der Waals surface area contributed by atoms with Crippen molar-refractivity contribution in [2.45, 2.75) is 52.1 Å². The lowest BCUT2D eigenvalue weighted by molar-refractivity contribution is -0.146. The molecule has 0 spiro atoms. The minimum Gasteiger partial charge on any atom is -0.481 e. The number of unbranched alkanes of at least 4 members (excludes halogenated alkanes) is 3. The minimum atomic E-state index is -0.837. The molecule has 0 radical (unpaired) electrons. The molecule has 4 heteroatoms. The summed E-state index contributed by atoms with van der Waals surface area (Å²) in [7, 11) is 0. The zero-order valence-electron chi connectivity index (χ0n) is 10.4. The van der Waals surface area contributed by atoms with Gasteiger partial charge in [0.25, 0.3) is 0 Å². The maximum atomic E-state index is 10.1. The van der Waals surface area contributed by atoms with Crippen molar-refractivity contribution in [3.05, 3.63) is 0 Å². The number of carboxylic acid groups (broad SMARTS) is 1. The molecule has 1 unspecified atom stereocenters. The second-order valence-corrected chi connectivity index (χ2v) is 3.87. The Bertz CT molecular complexity index is 160. The summed E-state index contributed by atoms with van der Waals surface area (Å²) in [6, 6.07) is 0. The number of rotatable bonds is 5. The van der Waals surface area contributed by atoms with Gasteiger partial charge >= 0.3 is 5.97 Å². The van der Waals surface area contributed by atoms with Gasteiger partial charge in [0.1, 0.15) is 0 Å². The molecule has 1 rings (SSSR count). The summed E-state index contributed by atoms with van der Waals surface area (Å²) < 4.78 is 10.1. The molecule has 0 aromatic rings. The van der Waals surface area contributed by atoms with E-state index in [1.54, 1.807) is 0 Å². The molecule has 0 aliphatic carbocycles. The van der Waals surface area contributed by atoms with E-state index < -0.39 is 5.97 Å². The fourth-order valence-electron chi connectivity index (χ4n) is 1.35. The van der Waals surface area contributed by atoms with Crippen molar-refractivity contribution in [2.24, 2.45) is 0 Å². The highest BCUT2D eigenvalue weighted by Gasteiger charge is 2.16. The van der Waals surface area contributed by atoms with Crippen LogP contribution in [-0.4, -0.2) is 37.0 Å². The third-order valence-electron chi connectivity index (χ3n) is 2.24. The van der Waals surface area contributed by atoms with Crippen LogP contribution in [0.5, 0.6) is 0 Å². The first-order valence-electron chi connectivity index (χ1n) is 6.11. The molecule has 16 heavy (non-hydrogen) atoms. The monoisotopic (exact) mass is 232 g/mol. The van der Waals surface area contributed by atoms with Gasteiger partial charge < -0.3 is 14.6 Å². The first kappa shape index (κ1) is 15.4. The predicted octanol–water partition coefficient (Wildman–Crippen LogP) is 2.46. The van der Waals surface area contributed by atoms with Gasteiger partial charge in [-0.05, 0) is 0 Å². The Hall–Kier alpha value is -0.610. The molecule has 1 aliphatic rings. The van der Waals surface area contributed by atoms with Crippen LogP contribution < -0.4 is 0 Å². The summed E-state index contributed by atoms with van der Waals surface area (Å²) in [6.45, 7) is 5.96. The van der Waals surface area contributed by atoms with Crippen LogP contribution in [-0.2, 0) is 14.3 Å². The number of aliphatic carboxylic acids is 1. The van der Waals surface area contributed by atoms with Crippen molar-refractivity contribution >= 4 is 5.97 Å². The van der Waals surface area contributed by atoms with E-state index in [9.17, 15) is 4.79 Å². The molecule has 1 saturated heterocycles. The first-order chi connectivity index (χ1) is 7.70. The molecule has 0 aromatic heterocycles. The van der Waals surface area contributed by atoms with Crippen molar-refractivity contribution in [3.63, 3.8) is 0 Å². The molecular formula is C12H24O4. The number of hydrogen-bond donors (Lipinski definition) is 1. The van der Waals surface area contributed by atoms with Crippen LogP contribution in [0.2, 0.25) is 0 Å². The van der Waals surface area contributed by atoms with Crippen LogP contribution in [0.15, 0.2) is 0 Å². The van der Waals surface area contributed by atoms with Crippen LogP contribution in [0.25, 0.3) is 0 Å². The highest BCUT2D eigenvalue weighted by Crippen LogP contribution is 2.04. The largest absolute Gasteiger partial charge is 0.481 e. The van der Waals surface area contributed by atoms with Gasteiger partial charge in [-0.3, -0.25) is 4.79 Å². The van der Waals surface area contributed by atoms with E-state index in [1.807, 2.05) is 0 Å². The van der Waals surface area contributed by atoms with Crippen LogP contribution in [0.3, 0.4) is 0 Å². The first-order valence-corrected chi connectivity index (χ1v) is 6.11. The Balaban J connectivity index is 0.000000325. The second kappa shape index (κ2) is 10.9. The molecule has 1 heterocycles. The molecule has 1 N–H and O–H groups in total. The molecular weight excluding hydrogens is 208 g/mol. The highest BCUT2D eigenvalue weighted by molar-refractivity contribution is 5.67. The van der Waals surface area contributed by atoms with Gasteiger partial charge in [-0.1, -0.05) is 39.5 Å². The Morgan fingerprint density at radius 3 is 2.25 bits per heavy atom.